The summed E-state index contributed by atoms with van der Waals surface area (Å²) >= 11 is 0. The van der Waals surface area contributed by atoms with Gasteiger partial charge in [-0.3, -0.25) is 0 Å². The van der Waals surface area contributed by atoms with Crippen molar-refractivity contribution in [3.63, 3.8) is 0 Å². The van der Waals surface area contributed by atoms with E-state index in [0.717, 1.165) is 24.5 Å². The Labute approximate surface area is 154 Å². The molecule has 0 bridgehead atoms. The molecule has 0 spiro atoms. The Balaban J connectivity index is 1.53. The van der Waals surface area contributed by atoms with Gasteiger partial charge in [-0.25, -0.2) is 9.98 Å². The number of nitrogens with zero attached hydrogens (tertiary/aromatic N) is 3. The van der Waals surface area contributed by atoms with E-state index in [1.54, 1.807) is 6.20 Å². The maximum absolute atomic E-state index is 12.1. The predicted octanol–water partition coefficient (Wildman–Crippen LogP) is 3.51. The summed E-state index contributed by atoms with van der Waals surface area (Å²) in [5.74, 6) is 0.823. The number of guanidine groups is 1. The first kappa shape index (κ1) is 18.8. The van der Waals surface area contributed by atoms with Gasteiger partial charge in [-0.05, 0) is 48.7 Å². The van der Waals surface area contributed by atoms with Gasteiger partial charge in [0.25, 0.3) is 0 Å². The molecule has 144 valence electrons. The molecule has 1 fully saturated rings. The van der Waals surface area contributed by atoms with Crippen LogP contribution in [0, 0.1) is 0 Å². The highest BCUT2D eigenvalue weighted by atomic mass is 19.4. The highest BCUT2D eigenvalue weighted by Gasteiger charge is 2.30. The summed E-state index contributed by atoms with van der Waals surface area (Å²) in [4.78, 5) is 10.9. The molecule has 0 saturated carbocycles. The molecular weight excluding hydrogens is 359 g/mol. The number of hydrogen-bond donors (Lipinski definition) is 2. The Morgan fingerprint density at radius 3 is 2.44 bits per heavy atom. The lowest BCUT2D eigenvalue weighted by molar-refractivity contribution is -0.274. The van der Waals surface area contributed by atoms with Crippen LogP contribution in [-0.4, -0.2) is 30.4 Å². The third kappa shape index (κ3) is 5.77. The van der Waals surface area contributed by atoms with Crippen LogP contribution >= 0.6 is 0 Å². The van der Waals surface area contributed by atoms with E-state index in [1.807, 2.05) is 12.1 Å². The van der Waals surface area contributed by atoms with Crippen LogP contribution in [0.1, 0.15) is 18.4 Å². The zero-order chi connectivity index (χ0) is 19.3. The summed E-state index contributed by atoms with van der Waals surface area (Å²) in [6, 6.07) is 9.18. The number of hydrogen-bond acceptors (Lipinski definition) is 4. The number of nitrogens with one attached hydrogen (secondary N) is 1. The zero-order valence-electron chi connectivity index (χ0n) is 14.5. The SMILES string of the molecule is NC(=NCc1ccc(N2CCCC2)nc1)Nc1ccc(OC(F)(F)F)cc1. The van der Waals surface area contributed by atoms with Gasteiger partial charge in [0, 0.05) is 25.0 Å². The van der Waals surface area contributed by atoms with E-state index >= 15 is 0 Å². The lowest BCUT2D eigenvalue weighted by Gasteiger charge is -2.16. The molecule has 0 atom stereocenters. The third-order valence-electron chi connectivity index (χ3n) is 4.03. The minimum absolute atomic E-state index is 0.156. The molecule has 3 rings (SSSR count). The average molecular weight is 379 g/mol. The number of aliphatic imine (C=N–C) groups is 1. The Hall–Kier alpha value is -2.97. The Bertz CT molecular complexity index is 769. The largest absolute Gasteiger partial charge is 0.573 e. The molecule has 0 unspecified atom stereocenters. The van der Waals surface area contributed by atoms with Crippen molar-refractivity contribution in [2.24, 2.45) is 10.7 Å². The van der Waals surface area contributed by atoms with Crippen molar-refractivity contribution in [1.82, 2.24) is 4.98 Å². The van der Waals surface area contributed by atoms with Crippen molar-refractivity contribution in [3.8, 4) is 5.75 Å². The van der Waals surface area contributed by atoms with Gasteiger partial charge in [0.05, 0.1) is 6.54 Å². The first-order valence-electron chi connectivity index (χ1n) is 8.52. The molecule has 1 aliphatic heterocycles. The summed E-state index contributed by atoms with van der Waals surface area (Å²) in [5.41, 5.74) is 7.24. The zero-order valence-corrected chi connectivity index (χ0v) is 14.5. The summed E-state index contributed by atoms with van der Waals surface area (Å²) in [6.07, 6.45) is -0.556. The molecule has 0 radical (unpaired) electrons. The second kappa shape index (κ2) is 8.15. The van der Waals surface area contributed by atoms with Crippen molar-refractivity contribution in [2.75, 3.05) is 23.3 Å². The van der Waals surface area contributed by atoms with Crippen LogP contribution in [0.3, 0.4) is 0 Å². The summed E-state index contributed by atoms with van der Waals surface area (Å²) in [5, 5.41) is 2.82. The van der Waals surface area contributed by atoms with Gasteiger partial charge in [-0.15, -0.1) is 13.2 Å². The molecule has 0 amide bonds. The first-order valence-corrected chi connectivity index (χ1v) is 8.52. The molecule has 9 heteroatoms. The second-order valence-electron chi connectivity index (χ2n) is 6.12. The van der Waals surface area contributed by atoms with Gasteiger partial charge in [0.1, 0.15) is 11.6 Å². The molecule has 1 aliphatic rings. The van der Waals surface area contributed by atoms with E-state index < -0.39 is 6.36 Å². The van der Waals surface area contributed by atoms with Crippen molar-refractivity contribution >= 4 is 17.5 Å². The lowest BCUT2D eigenvalue weighted by Crippen LogP contribution is -2.22. The summed E-state index contributed by atoms with van der Waals surface area (Å²) < 4.78 is 40.2. The molecule has 0 aliphatic carbocycles. The molecule has 27 heavy (non-hydrogen) atoms. The van der Waals surface area contributed by atoms with E-state index in [1.165, 1.54) is 37.1 Å². The smallest absolute Gasteiger partial charge is 0.406 e. The van der Waals surface area contributed by atoms with Crippen LogP contribution in [0.15, 0.2) is 47.6 Å². The summed E-state index contributed by atoms with van der Waals surface area (Å²) in [6.45, 7) is 2.42. The topological polar surface area (TPSA) is 75.8 Å². The van der Waals surface area contributed by atoms with Gasteiger partial charge >= 0.3 is 6.36 Å². The predicted molar refractivity (Wildman–Crippen MR) is 97.8 cm³/mol. The lowest BCUT2D eigenvalue weighted by atomic mass is 10.3. The maximum atomic E-state index is 12.1. The number of alkyl halides is 3. The molecule has 6 nitrogen and oxygen atoms in total. The van der Waals surface area contributed by atoms with Gasteiger partial charge in [0.2, 0.25) is 0 Å². The van der Waals surface area contributed by atoms with Gasteiger partial charge in [0.15, 0.2) is 5.96 Å². The van der Waals surface area contributed by atoms with Crippen molar-refractivity contribution < 1.29 is 17.9 Å². The van der Waals surface area contributed by atoms with Crippen LogP contribution in [-0.2, 0) is 6.54 Å². The number of rotatable bonds is 5. The third-order valence-corrected chi connectivity index (χ3v) is 4.03. The molecular formula is C18H20F3N5O. The fourth-order valence-electron chi connectivity index (χ4n) is 2.75. The quantitative estimate of drug-likeness (QED) is 0.614. The highest BCUT2D eigenvalue weighted by Crippen LogP contribution is 2.24. The Morgan fingerprint density at radius 2 is 1.85 bits per heavy atom. The van der Waals surface area contributed by atoms with Crippen LogP contribution in [0.2, 0.25) is 0 Å². The van der Waals surface area contributed by atoms with E-state index in [0.29, 0.717) is 12.2 Å². The number of benzene rings is 1. The fourth-order valence-corrected chi connectivity index (χ4v) is 2.75. The van der Waals surface area contributed by atoms with Crippen molar-refractivity contribution in [2.45, 2.75) is 25.7 Å². The highest BCUT2D eigenvalue weighted by molar-refractivity contribution is 5.92. The van der Waals surface area contributed by atoms with Crippen LogP contribution in [0.5, 0.6) is 5.75 Å². The molecule has 1 aromatic heterocycles. The second-order valence-corrected chi connectivity index (χ2v) is 6.12. The number of anilines is 2. The van der Waals surface area contributed by atoms with E-state index in [2.05, 4.69) is 24.9 Å². The maximum Gasteiger partial charge on any atom is 0.573 e. The monoisotopic (exact) mass is 379 g/mol. The minimum atomic E-state index is -4.71. The van der Waals surface area contributed by atoms with Crippen LogP contribution in [0.4, 0.5) is 24.7 Å². The minimum Gasteiger partial charge on any atom is -0.406 e. The Morgan fingerprint density at radius 1 is 1.15 bits per heavy atom. The summed E-state index contributed by atoms with van der Waals surface area (Å²) in [7, 11) is 0. The van der Waals surface area contributed by atoms with Crippen LogP contribution < -0.4 is 20.7 Å². The number of ether oxygens (including phenoxy) is 1. The molecule has 2 heterocycles. The van der Waals surface area contributed by atoms with Crippen molar-refractivity contribution in [1.29, 1.82) is 0 Å². The number of aromatic nitrogens is 1. The number of halogens is 3. The average Bonchev–Trinajstić information content (AvgIpc) is 3.16. The molecule has 1 saturated heterocycles. The Kier molecular flexibility index (Phi) is 5.68. The number of nitrogens with two attached hydrogens (primary N) is 1. The van der Waals surface area contributed by atoms with Gasteiger partial charge in [-0.1, -0.05) is 6.07 Å². The van der Waals surface area contributed by atoms with Gasteiger partial charge in [-0.2, -0.15) is 0 Å². The fraction of sp³-hybridized carbons (Fsp3) is 0.333. The molecule has 2 aromatic rings. The number of pyridine rings is 1. The molecule has 1 aromatic carbocycles. The van der Waals surface area contributed by atoms with Crippen LogP contribution in [0.25, 0.3) is 0 Å². The van der Waals surface area contributed by atoms with E-state index in [-0.39, 0.29) is 11.7 Å². The normalized spacial score (nSPS) is 15.1. The van der Waals surface area contributed by atoms with Gasteiger partial charge < -0.3 is 20.7 Å². The van der Waals surface area contributed by atoms with Crippen molar-refractivity contribution in [3.05, 3.63) is 48.2 Å². The standard InChI is InChI=1S/C18H20F3N5O/c19-18(20,21)27-15-6-4-14(5-7-15)25-17(22)24-12-13-3-8-16(23-11-13)26-9-1-2-10-26/h3-8,11H,1-2,9-10,12H2,(H3,22,24,25). The van der Waals surface area contributed by atoms with E-state index in [4.69, 9.17) is 5.73 Å². The first-order chi connectivity index (χ1) is 12.9. The molecule has 3 N–H and O–H groups in total. The van der Waals surface area contributed by atoms with E-state index in [9.17, 15) is 13.2 Å².